The van der Waals surface area contributed by atoms with Gasteiger partial charge in [-0.05, 0) is 19.4 Å². The number of nitrogens with two attached hydrogens (primary N) is 1. The molecule has 129 valence electrons. The monoisotopic (exact) mass is 319 g/mol. The van der Waals surface area contributed by atoms with E-state index in [1.165, 1.54) is 0 Å². The van der Waals surface area contributed by atoms with Gasteiger partial charge in [-0.15, -0.1) is 0 Å². The molecule has 3 N–H and O–H groups in total. The average Bonchev–Trinajstić information content (AvgIpc) is 2.52. The Kier molecular flexibility index (Phi) is 17.1. The topological polar surface area (TPSA) is 109 Å². The van der Waals surface area contributed by atoms with Crippen LogP contribution in [0.4, 0.5) is 0 Å². The van der Waals surface area contributed by atoms with Crippen molar-refractivity contribution in [2.75, 3.05) is 65.9 Å². The largest absolute Gasteiger partial charge is 0.379 e. The second kappa shape index (κ2) is 18.0. The zero-order valence-corrected chi connectivity index (χ0v) is 13.0. The lowest BCUT2D eigenvalue weighted by Crippen LogP contribution is -2.29. The average molecular weight is 319 g/mol. The number of amides is 1. The van der Waals surface area contributed by atoms with Crippen LogP contribution in [0.5, 0.6) is 0 Å². The van der Waals surface area contributed by atoms with Gasteiger partial charge in [-0.3, -0.25) is 9.59 Å². The molecule has 1 amide bonds. The van der Waals surface area contributed by atoms with Crippen molar-refractivity contribution < 1.29 is 28.5 Å². The van der Waals surface area contributed by atoms with Crippen LogP contribution < -0.4 is 11.1 Å². The first-order valence-corrected chi connectivity index (χ1v) is 7.44. The van der Waals surface area contributed by atoms with Crippen molar-refractivity contribution in [1.82, 2.24) is 5.32 Å². The molecule has 0 atom stereocenters. The Hall–Kier alpha value is -1.06. The Morgan fingerprint density at radius 1 is 0.909 bits per heavy atom. The van der Waals surface area contributed by atoms with E-state index in [9.17, 15) is 9.59 Å². The van der Waals surface area contributed by atoms with Gasteiger partial charge in [0, 0.05) is 19.8 Å². The highest BCUT2D eigenvalue weighted by atomic mass is 16.5. The minimum atomic E-state index is -0.256. The van der Waals surface area contributed by atoms with Crippen LogP contribution in [0.3, 0.4) is 0 Å². The molecule has 0 saturated carbocycles. The van der Waals surface area contributed by atoms with Crippen LogP contribution in [0.2, 0.25) is 0 Å². The van der Waals surface area contributed by atoms with E-state index < -0.39 is 0 Å². The lowest BCUT2D eigenvalue weighted by atomic mass is 10.4. The van der Waals surface area contributed by atoms with E-state index in [1.807, 2.05) is 0 Å². The van der Waals surface area contributed by atoms with Gasteiger partial charge in [0.15, 0.2) is 0 Å². The molecule has 0 aliphatic carbocycles. The second-order valence-electron chi connectivity index (χ2n) is 4.32. The summed E-state index contributed by atoms with van der Waals surface area (Å²) in [6.07, 6.45) is 3.11. The van der Waals surface area contributed by atoms with Gasteiger partial charge in [-0.25, -0.2) is 0 Å². The standard InChI is InChI=1S/C14H27N2O6/c15-3-1-6-19-9-11-21-12-10-20-7-2-4-16-14(18)13-22-8-5-17/h1-4,6-13,15H2,(H,16,18). The van der Waals surface area contributed by atoms with Crippen molar-refractivity contribution in [3.05, 3.63) is 0 Å². The molecule has 0 fully saturated rings. The van der Waals surface area contributed by atoms with Gasteiger partial charge in [0.2, 0.25) is 12.2 Å². The van der Waals surface area contributed by atoms with Crippen LogP contribution in [-0.4, -0.2) is 78.1 Å². The fourth-order valence-corrected chi connectivity index (χ4v) is 1.37. The summed E-state index contributed by atoms with van der Waals surface area (Å²) in [5.74, 6) is -0.256. The highest BCUT2D eigenvalue weighted by Crippen LogP contribution is 1.85. The van der Waals surface area contributed by atoms with E-state index in [4.69, 9.17) is 24.7 Å². The van der Waals surface area contributed by atoms with Crippen LogP contribution in [0.1, 0.15) is 12.8 Å². The summed E-state index contributed by atoms with van der Waals surface area (Å²) in [6, 6.07) is 0. The van der Waals surface area contributed by atoms with Crippen molar-refractivity contribution in [2.45, 2.75) is 12.8 Å². The Labute approximate surface area is 131 Å². The molecule has 0 saturated heterocycles. The Morgan fingerprint density at radius 3 is 2.09 bits per heavy atom. The molecule has 0 spiro atoms. The molecule has 0 aliphatic rings. The van der Waals surface area contributed by atoms with E-state index in [0.29, 0.717) is 59.2 Å². The highest BCUT2D eigenvalue weighted by Gasteiger charge is 2.00. The molecule has 1 radical (unpaired) electrons. The zero-order valence-electron chi connectivity index (χ0n) is 13.0. The number of hydrogen-bond acceptors (Lipinski definition) is 7. The van der Waals surface area contributed by atoms with E-state index in [1.54, 1.807) is 6.29 Å². The third-order valence-corrected chi connectivity index (χ3v) is 2.42. The van der Waals surface area contributed by atoms with Crippen molar-refractivity contribution >= 4 is 12.2 Å². The molecule has 0 unspecified atom stereocenters. The zero-order chi connectivity index (χ0) is 16.3. The minimum Gasteiger partial charge on any atom is -0.379 e. The number of rotatable bonds is 17. The van der Waals surface area contributed by atoms with Gasteiger partial charge in [0.05, 0.1) is 26.4 Å². The predicted octanol–water partition coefficient (Wildman–Crippen LogP) is -0.982. The van der Waals surface area contributed by atoms with Gasteiger partial charge >= 0.3 is 0 Å². The number of hydrogen-bond donors (Lipinski definition) is 2. The summed E-state index contributed by atoms with van der Waals surface area (Å²) in [6.45, 7) is 4.17. The SMILES string of the molecule is NCCCOCCOCCOCCCNC(=O)COC[C]=O. The van der Waals surface area contributed by atoms with Crippen molar-refractivity contribution in [3.8, 4) is 0 Å². The first-order chi connectivity index (χ1) is 10.8. The molecule has 0 aromatic carbocycles. The lowest BCUT2D eigenvalue weighted by molar-refractivity contribution is -0.125. The van der Waals surface area contributed by atoms with Crippen LogP contribution in [0, 0.1) is 0 Å². The number of carbonyl (C=O) groups is 1. The Bertz CT molecular complexity index is 266. The number of carbonyl (C=O) groups excluding carboxylic acids is 2. The molecule has 8 nitrogen and oxygen atoms in total. The van der Waals surface area contributed by atoms with Crippen LogP contribution >= 0.6 is 0 Å². The summed E-state index contributed by atoms with van der Waals surface area (Å²) >= 11 is 0. The lowest BCUT2D eigenvalue weighted by Gasteiger charge is -2.07. The fraction of sp³-hybridized carbons (Fsp3) is 0.857. The van der Waals surface area contributed by atoms with Gasteiger partial charge in [-0.2, -0.15) is 0 Å². The summed E-state index contributed by atoms with van der Waals surface area (Å²) in [4.78, 5) is 21.0. The molecule has 8 heteroatoms. The second-order valence-corrected chi connectivity index (χ2v) is 4.32. The maximum absolute atomic E-state index is 11.2. The van der Waals surface area contributed by atoms with Gasteiger partial charge in [0.1, 0.15) is 13.2 Å². The van der Waals surface area contributed by atoms with Crippen molar-refractivity contribution in [2.24, 2.45) is 5.73 Å². The van der Waals surface area contributed by atoms with Gasteiger partial charge in [-0.1, -0.05) is 0 Å². The van der Waals surface area contributed by atoms with Gasteiger partial charge in [0.25, 0.3) is 0 Å². The highest BCUT2D eigenvalue weighted by molar-refractivity contribution is 5.77. The third-order valence-electron chi connectivity index (χ3n) is 2.42. The normalized spacial score (nSPS) is 10.6. The van der Waals surface area contributed by atoms with Gasteiger partial charge < -0.3 is 30.0 Å². The van der Waals surface area contributed by atoms with E-state index in [0.717, 1.165) is 6.42 Å². The first-order valence-electron chi connectivity index (χ1n) is 7.44. The Morgan fingerprint density at radius 2 is 1.50 bits per heavy atom. The van der Waals surface area contributed by atoms with Crippen molar-refractivity contribution in [3.63, 3.8) is 0 Å². The molecule has 0 aromatic rings. The van der Waals surface area contributed by atoms with Crippen LogP contribution in [0.15, 0.2) is 0 Å². The molecule has 22 heavy (non-hydrogen) atoms. The van der Waals surface area contributed by atoms with Crippen LogP contribution in [-0.2, 0) is 28.5 Å². The summed E-state index contributed by atoms with van der Waals surface area (Å²) in [5.41, 5.74) is 5.33. The minimum absolute atomic E-state index is 0.128. The molecule has 0 rings (SSSR count). The number of ether oxygens (including phenoxy) is 4. The first kappa shape index (κ1) is 20.9. The number of nitrogens with one attached hydrogen (secondary N) is 1. The van der Waals surface area contributed by atoms with E-state index in [2.05, 4.69) is 5.32 Å². The maximum atomic E-state index is 11.2. The Balaban J connectivity index is 3.08. The maximum Gasteiger partial charge on any atom is 0.246 e. The molecule has 0 aromatic heterocycles. The van der Waals surface area contributed by atoms with Crippen molar-refractivity contribution in [1.29, 1.82) is 0 Å². The molecule has 0 aliphatic heterocycles. The third kappa shape index (κ3) is 17.0. The molecular formula is C14H27N2O6. The summed E-state index contributed by atoms with van der Waals surface area (Å²) in [5, 5.41) is 2.65. The quantitative estimate of drug-likeness (QED) is 0.332. The summed E-state index contributed by atoms with van der Waals surface area (Å²) in [7, 11) is 0. The molecule has 0 heterocycles. The molecular weight excluding hydrogens is 292 g/mol. The van der Waals surface area contributed by atoms with Crippen LogP contribution in [0.25, 0.3) is 0 Å². The predicted molar refractivity (Wildman–Crippen MR) is 80.3 cm³/mol. The fourth-order valence-electron chi connectivity index (χ4n) is 1.37. The molecule has 0 bridgehead atoms. The summed E-state index contributed by atoms with van der Waals surface area (Å²) < 4.78 is 20.6. The smallest absolute Gasteiger partial charge is 0.246 e. The van der Waals surface area contributed by atoms with E-state index in [-0.39, 0.29) is 19.1 Å². The van der Waals surface area contributed by atoms with E-state index >= 15 is 0 Å².